The minimum Gasteiger partial charge on any atom is -0.350 e. The highest BCUT2D eigenvalue weighted by molar-refractivity contribution is 5.92. The molecule has 23 heavy (non-hydrogen) atoms. The number of nitrogens with one attached hydrogen (secondary N) is 3. The number of rotatable bonds is 5. The van der Waals surface area contributed by atoms with Gasteiger partial charge in [-0.3, -0.25) is 14.8 Å². The lowest BCUT2D eigenvalue weighted by Crippen LogP contribution is -2.40. The van der Waals surface area contributed by atoms with Crippen LogP contribution in [0, 0.1) is 19.8 Å². The molecule has 0 aliphatic carbocycles. The van der Waals surface area contributed by atoms with Gasteiger partial charge in [0.15, 0.2) is 0 Å². The maximum absolute atomic E-state index is 12.1. The van der Waals surface area contributed by atoms with E-state index in [9.17, 15) is 4.79 Å². The van der Waals surface area contributed by atoms with Crippen molar-refractivity contribution in [1.29, 1.82) is 0 Å². The van der Waals surface area contributed by atoms with Crippen molar-refractivity contribution in [3.8, 4) is 0 Å². The third-order valence-corrected chi connectivity index (χ3v) is 4.24. The Labute approximate surface area is 135 Å². The van der Waals surface area contributed by atoms with Gasteiger partial charge in [-0.05, 0) is 45.2 Å². The summed E-state index contributed by atoms with van der Waals surface area (Å²) in [5.41, 5.74) is 2.51. The first-order valence-electron chi connectivity index (χ1n) is 8.13. The van der Waals surface area contributed by atoms with E-state index in [4.69, 9.17) is 0 Å². The number of likely N-dealkylation sites (tertiary alicyclic amines) is 1. The Bertz CT molecular complexity index is 661. The molecule has 1 amide bonds. The number of aryl methyl sites for hydroxylation is 2. The van der Waals surface area contributed by atoms with Crippen LogP contribution < -0.4 is 5.32 Å². The van der Waals surface area contributed by atoms with Gasteiger partial charge in [-0.1, -0.05) is 0 Å². The number of H-pyrrole nitrogens is 2. The van der Waals surface area contributed by atoms with E-state index in [2.05, 4.69) is 30.4 Å². The summed E-state index contributed by atoms with van der Waals surface area (Å²) in [4.78, 5) is 22.0. The Morgan fingerprint density at radius 2 is 2.35 bits per heavy atom. The Morgan fingerprint density at radius 3 is 3.04 bits per heavy atom. The van der Waals surface area contributed by atoms with Crippen LogP contribution in [0.5, 0.6) is 0 Å². The van der Waals surface area contributed by atoms with Crippen LogP contribution in [0.3, 0.4) is 0 Å². The molecule has 3 rings (SSSR count). The summed E-state index contributed by atoms with van der Waals surface area (Å²) in [7, 11) is 0. The zero-order valence-electron chi connectivity index (χ0n) is 13.7. The molecular formula is C16H24N6O. The van der Waals surface area contributed by atoms with Crippen LogP contribution in [0.25, 0.3) is 0 Å². The Hall–Kier alpha value is -2.15. The molecule has 0 radical (unpaired) electrons. The first-order valence-corrected chi connectivity index (χ1v) is 8.13. The predicted octanol–water partition coefficient (Wildman–Crippen LogP) is 1.39. The van der Waals surface area contributed by atoms with Gasteiger partial charge in [-0.15, -0.1) is 0 Å². The molecule has 3 heterocycles. The third kappa shape index (κ3) is 4.19. The van der Waals surface area contributed by atoms with Crippen LogP contribution >= 0.6 is 0 Å². The van der Waals surface area contributed by atoms with E-state index >= 15 is 0 Å². The molecule has 1 aliphatic rings. The van der Waals surface area contributed by atoms with E-state index < -0.39 is 0 Å². The number of amides is 1. The van der Waals surface area contributed by atoms with Crippen LogP contribution in [0.4, 0.5) is 0 Å². The van der Waals surface area contributed by atoms with E-state index in [0.717, 1.165) is 49.7 Å². The molecular weight excluding hydrogens is 292 g/mol. The number of piperidine rings is 1. The number of aromatic nitrogens is 4. The van der Waals surface area contributed by atoms with Crippen molar-refractivity contribution in [2.45, 2.75) is 33.2 Å². The molecule has 0 aromatic carbocycles. The highest BCUT2D eigenvalue weighted by atomic mass is 16.1. The minimum absolute atomic E-state index is 0.101. The Morgan fingerprint density at radius 1 is 1.48 bits per heavy atom. The fourth-order valence-corrected chi connectivity index (χ4v) is 3.12. The molecule has 0 bridgehead atoms. The van der Waals surface area contributed by atoms with Gasteiger partial charge in [-0.25, -0.2) is 4.98 Å². The summed E-state index contributed by atoms with van der Waals surface area (Å²) in [5.74, 6) is 1.34. The quantitative estimate of drug-likeness (QED) is 0.777. The van der Waals surface area contributed by atoms with Crippen molar-refractivity contribution in [2.24, 2.45) is 5.92 Å². The minimum atomic E-state index is -0.101. The van der Waals surface area contributed by atoms with Gasteiger partial charge >= 0.3 is 0 Å². The van der Waals surface area contributed by atoms with Crippen molar-refractivity contribution < 1.29 is 4.79 Å². The Kier molecular flexibility index (Phi) is 4.76. The molecule has 0 saturated carbocycles. The van der Waals surface area contributed by atoms with Crippen LogP contribution in [0.2, 0.25) is 0 Å². The largest absolute Gasteiger partial charge is 0.350 e. The predicted molar refractivity (Wildman–Crippen MR) is 87.0 cm³/mol. The maximum atomic E-state index is 12.1. The van der Waals surface area contributed by atoms with E-state index in [1.165, 1.54) is 0 Å². The summed E-state index contributed by atoms with van der Waals surface area (Å²) >= 11 is 0. The van der Waals surface area contributed by atoms with Gasteiger partial charge in [-0.2, -0.15) is 5.10 Å². The van der Waals surface area contributed by atoms with E-state index in [1.807, 2.05) is 20.0 Å². The highest BCUT2D eigenvalue weighted by Crippen LogP contribution is 2.17. The lowest BCUT2D eigenvalue weighted by atomic mass is 9.98. The number of carbonyl (C=O) groups excluding carboxylic acids is 1. The molecule has 2 aromatic heterocycles. The average molecular weight is 316 g/mol. The molecule has 0 unspecified atom stereocenters. The Balaban J connectivity index is 1.47. The second kappa shape index (κ2) is 6.95. The molecule has 7 heteroatoms. The second-order valence-corrected chi connectivity index (χ2v) is 6.38. The third-order valence-electron chi connectivity index (χ3n) is 4.24. The molecule has 1 atom stereocenters. The van der Waals surface area contributed by atoms with Gasteiger partial charge in [0.25, 0.3) is 5.91 Å². The number of imidazole rings is 1. The summed E-state index contributed by atoms with van der Waals surface area (Å²) in [5, 5.41) is 9.79. The lowest BCUT2D eigenvalue weighted by Gasteiger charge is -2.32. The van der Waals surface area contributed by atoms with Crippen molar-refractivity contribution in [1.82, 2.24) is 30.4 Å². The van der Waals surface area contributed by atoms with E-state index in [1.54, 1.807) is 6.07 Å². The summed E-state index contributed by atoms with van der Waals surface area (Å²) < 4.78 is 0. The zero-order chi connectivity index (χ0) is 16.2. The van der Waals surface area contributed by atoms with Crippen molar-refractivity contribution in [2.75, 3.05) is 19.6 Å². The lowest BCUT2D eigenvalue weighted by molar-refractivity contribution is 0.0925. The number of nitrogens with zero attached hydrogens (tertiary/aromatic N) is 3. The standard InChI is InChI=1S/C16H24N6O/c1-11-6-15(21-20-11)16(23)18-7-13-4-3-5-22(9-13)10-14-8-17-12(2)19-14/h6,8,13H,3-5,7,9-10H2,1-2H3,(H,17,19)(H,18,23)(H,20,21)/t13-/m1/s1. The summed E-state index contributed by atoms with van der Waals surface area (Å²) in [6.07, 6.45) is 4.22. The van der Waals surface area contributed by atoms with Crippen molar-refractivity contribution in [3.05, 3.63) is 35.2 Å². The summed E-state index contributed by atoms with van der Waals surface area (Å²) in [6.45, 7) is 7.54. The van der Waals surface area contributed by atoms with Crippen molar-refractivity contribution >= 4 is 5.91 Å². The monoisotopic (exact) mass is 316 g/mol. The molecule has 3 N–H and O–H groups in total. The second-order valence-electron chi connectivity index (χ2n) is 6.38. The normalized spacial score (nSPS) is 19.0. The molecule has 0 spiro atoms. The molecule has 1 saturated heterocycles. The smallest absolute Gasteiger partial charge is 0.271 e. The average Bonchev–Trinajstić information content (AvgIpc) is 3.14. The molecule has 7 nitrogen and oxygen atoms in total. The van der Waals surface area contributed by atoms with Crippen molar-refractivity contribution in [3.63, 3.8) is 0 Å². The molecule has 1 fully saturated rings. The first-order chi connectivity index (χ1) is 11.1. The molecule has 2 aromatic rings. The number of aromatic amines is 2. The summed E-state index contributed by atoms with van der Waals surface area (Å²) in [6, 6.07) is 1.77. The van der Waals surface area contributed by atoms with E-state index in [0.29, 0.717) is 18.2 Å². The number of hydrogen-bond donors (Lipinski definition) is 3. The van der Waals surface area contributed by atoms with Gasteiger partial charge in [0.2, 0.25) is 0 Å². The van der Waals surface area contributed by atoms with Crippen LogP contribution in [0.1, 0.15) is 40.5 Å². The fourth-order valence-electron chi connectivity index (χ4n) is 3.12. The van der Waals surface area contributed by atoms with Crippen LogP contribution in [-0.4, -0.2) is 50.6 Å². The molecule has 1 aliphatic heterocycles. The highest BCUT2D eigenvalue weighted by Gasteiger charge is 2.21. The van der Waals surface area contributed by atoms with Gasteiger partial charge < -0.3 is 10.3 Å². The van der Waals surface area contributed by atoms with Crippen LogP contribution in [0.15, 0.2) is 12.3 Å². The van der Waals surface area contributed by atoms with Gasteiger partial charge in [0.1, 0.15) is 11.5 Å². The maximum Gasteiger partial charge on any atom is 0.271 e. The SMILES string of the molecule is Cc1cc(C(=O)NC[C@H]2CCCN(Cc3cnc(C)[nH]3)C2)n[nH]1. The topological polar surface area (TPSA) is 89.7 Å². The van der Waals surface area contributed by atoms with E-state index in [-0.39, 0.29) is 5.91 Å². The number of hydrogen-bond acceptors (Lipinski definition) is 4. The fraction of sp³-hybridized carbons (Fsp3) is 0.562. The van der Waals surface area contributed by atoms with Crippen LogP contribution in [-0.2, 0) is 6.54 Å². The van der Waals surface area contributed by atoms with Gasteiger partial charge in [0.05, 0.1) is 0 Å². The molecule has 124 valence electrons. The number of carbonyl (C=O) groups is 1. The zero-order valence-corrected chi connectivity index (χ0v) is 13.7. The van der Waals surface area contributed by atoms with Gasteiger partial charge in [0, 0.05) is 37.2 Å². The first kappa shape index (κ1) is 15.7.